The highest BCUT2D eigenvalue weighted by molar-refractivity contribution is 5.68. The van der Waals surface area contributed by atoms with Gasteiger partial charge in [0.05, 0.1) is 5.54 Å². The van der Waals surface area contributed by atoms with Crippen molar-refractivity contribution < 1.29 is 9.90 Å². The third-order valence-corrected chi connectivity index (χ3v) is 3.78. The summed E-state index contributed by atoms with van der Waals surface area (Å²) in [5.41, 5.74) is 0.589. The molecule has 0 spiro atoms. The van der Waals surface area contributed by atoms with Gasteiger partial charge in [-0.3, -0.25) is 4.90 Å². The van der Waals surface area contributed by atoms with E-state index in [0.29, 0.717) is 5.92 Å². The Hall–Kier alpha value is -1.51. The second-order valence-electron chi connectivity index (χ2n) is 6.31. The summed E-state index contributed by atoms with van der Waals surface area (Å²) >= 11 is 0. The van der Waals surface area contributed by atoms with Crippen molar-refractivity contribution in [2.75, 3.05) is 0 Å². The molecule has 0 saturated heterocycles. The lowest BCUT2D eigenvalue weighted by atomic mass is 9.99. The molecule has 1 fully saturated rings. The summed E-state index contributed by atoms with van der Waals surface area (Å²) in [6.07, 6.45) is 0.0732. The quantitative estimate of drug-likeness (QED) is 0.865. The first kappa shape index (κ1) is 12.9. The molecule has 2 rings (SSSR count). The molecule has 98 valence electrons. The van der Waals surface area contributed by atoms with Gasteiger partial charge in [0.1, 0.15) is 0 Å². The van der Waals surface area contributed by atoms with Crippen molar-refractivity contribution in [1.82, 2.24) is 4.90 Å². The van der Waals surface area contributed by atoms with Gasteiger partial charge in [0.2, 0.25) is 0 Å². The Morgan fingerprint density at radius 3 is 2.33 bits per heavy atom. The normalized spacial score (nSPS) is 26.8. The Morgan fingerprint density at radius 2 is 1.89 bits per heavy atom. The first-order valence-corrected chi connectivity index (χ1v) is 6.35. The number of hydrogen-bond donors (Lipinski definition) is 1. The third kappa shape index (κ3) is 2.09. The van der Waals surface area contributed by atoms with Crippen LogP contribution in [0.4, 0.5) is 4.79 Å². The van der Waals surface area contributed by atoms with Gasteiger partial charge in [0.15, 0.2) is 0 Å². The van der Waals surface area contributed by atoms with Crippen LogP contribution in [0.2, 0.25) is 0 Å². The van der Waals surface area contributed by atoms with Crippen molar-refractivity contribution in [3.63, 3.8) is 0 Å². The van der Waals surface area contributed by atoms with Crippen molar-refractivity contribution in [3.05, 3.63) is 35.9 Å². The van der Waals surface area contributed by atoms with Gasteiger partial charge in [0.25, 0.3) is 0 Å². The van der Waals surface area contributed by atoms with Gasteiger partial charge in [-0.15, -0.1) is 0 Å². The average molecular weight is 247 g/mol. The summed E-state index contributed by atoms with van der Waals surface area (Å²) in [6.45, 7) is 7.90. The standard InChI is InChI=1S/C15H21NO2/c1-14(2,3)16(13(17)18)15(4)10-12(15)11-8-6-5-7-9-11/h5-9,12H,10H2,1-4H3,(H,17,18)/t12-,15+/m1/s1. The van der Waals surface area contributed by atoms with E-state index in [-0.39, 0.29) is 11.1 Å². The maximum Gasteiger partial charge on any atom is 0.408 e. The van der Waals surface area contributed by atoms with E-state index in [1.165, 1.54) is 5.56 Å². The molecular formula is C15H21NO2. The van der Waals surface area contributed by atoms with Crippen LogP contribution in [0, 0.1) is 0 Å². The lowest BCUT2D eigenvalue weighted by molar-refractivity contribution is 0.0648. The molecule has 1 aliphatic rings. The molecule has 0 unspecified atom stereocenters. The predicted octanol–water partition coefficient (Wildman–Crippen LogP) is 3.71. The van der Waals surface area contributed by atoms with E-state index in [4.69, 9.17) is 0 Å². The fourth-order valence-corrected chi connectivity index (χ4v) is 3.04. The van der Waals surface area contributed by atoms with Crippen LogP contribution in [-0.2, 0) is 0 Å². The maximum atomic E-state index is 11.5. The Balaban J connectivity index is 2.27. The summed E-state index contributed by atoms with van der Waals surface area (Å²) in [7, 11) is 0. The molecule has 3 heteroatoms. The zero-order valence-electron chi connectivity index (χ0n) is 11.5. The van der Waals surface area contributed by atoms with E-state index >= 15 is 0 Å². The minimum atomic E-state index is -0.830. The first-order chi connectivity index (χ1) is 8.27. The van der Waals surface area contributed by atoms with E-state index in [2.05, 4.69) is 12.1 Å². The lowest BCUT2D eigenvalue weighted by Crippen LogP contribution is -2.52. The molecule has 1 aliphatic carbocycles. The monoisotopic (exact) mass is 247 g/mol. The van der Waals surface area contributed by atoms with Crippen molar-refractivity contribution in [1.29, 1.82) is 0 Å². The number of hydrogen-bond acceptors (Lipinski definition) is 1. The Morgan fingerprint density at radius 1 is 1.33 bits per heavy atom. The van der Waals surface area contributed by atoms with Crippen molar-refractivity contribution >= 4 is 6.09 Å². The Labute approximate surface area is 108 Å². The molecule has 0 radical (unpaired) electrons. The molecule has 3 nitrogen and oxygen atoms in total. The van der Waals surface area contributed by atoms with Crippen molar-refractivity contribution in [2.24, 2.45) is 0 Å². The van der Waals surface area contributed by atoms with Crippen LogP contribution in [0.3, 0.4) is 0 Å². The maximum absolute atomic E-state index is 11.5. The first-order valence-electron chi connectivity index (χ1n) is 6.35. The molecular weight excluding hydrogens is 226 g/mol. The van der Waals surface area contributed by atoms with Crippen LogP contribution in [0.5, 0.6) is 0 Å². The molecule has 0 heterocycles. The van der Waals surface area contributed by atoms with Crippen molar-refractivity contribution in [3.8, 4) is 0 Å². The van der Waals surface area contributed by atoms with Crippen LogP contribution >= 0.6 is 0 Å². The summed E-state index contributed by atoms with van der Waals surface area (Å²) in [4.78, 5) is 13.1. The largest absolute Gasteiger partial charge is 0.465 e. The van der Waals surface area contributed by atoms with E-state index in [9.17, 15) is 9.90 Å². The van der Waals surface area contributed by atoms with Crippen LogP contribution in [-0.4, -0.2) is 27.2 Å². The minimum absolute atomic E-state index is 0.272. The molecule has 18 heavy (non-hydrogen) atoms. The molecule has 1 amide bonds. The fraction of sp³-hybridized carbons (Fsp3) is 0.533. The molecule has 0 aromatic heterocycles. The highest BCUT2D eigenvalue weighted by atomic mass is 16.4. The fourth-order valence-electron chi connectivity index (χ4n) is 3.04. The van der Waals surface area contributed by atoms with Gasteiger partial charge in [-0.25, -0.2) is 4.79 Å². The number of carbonyl (C=O) groups is 1. The molecule has 2 atom stereocenters. The topological polar surface area (TPSA) is 40.5 Å². The van der Waals surface area contributed by atoms with Gasteiger partial charge in [-0.2, -0.15) is 0 Å². The zero-order chi connectivity index (χ0) is 13.6. The third-order valence-electron chi connectivity index (χ3n) is 3.78. The molecule has 0 aliphatic heterocycles. The summed E-state index contributed by atoms with van der Waals surface area (Å²) in [5.74, 6) is 0.314. The van der Waals surface area contributed by atoms with Crippen LogP contribution in [0.25, 0.3) is 0 Å². The molecule has 1 aromatic rings. The van der Waals surface area contributed by atoms with E-state index in [1.807, 2.05) is 45.9 Å². The van der Waals surface area contributed by atoms with E-state index < -0.39 is 6.09 Å². The SMILES string of the molecule is CC(C)(C)N(C(=O)O)[C@@]1(C)C[C@@H]1c1ccccc1. The Bertz CT molecular complexity index is 449. The zero-order valence-corrected chi connectivity index (χ0v) is 11.5. The molecule has 1 saturated carbocycles. The van der Waals surface area contributed by atoms with Crippen LogP contribution < -0.4 is 0 Å². The van der Waals surface area contributed by atoms with Gasteiger partial charge in [-0.1, -0.05) is 30.3 Å². The van der Waals surface area contributed by atoms with Crippen molar-refractivity contribution in [2.45, 2.75) is 51.1 Å². The van der Waals surface area contributed by atoms with Crippen LogP contribution in [0.15, 0.2) is 30.3 Å². The van der Waals surface area contributed by atoms with Gasteiger partial charge in [0, 0.05) is 11.5 Å². The summed E-state index contributed by atoms with van der Waals surface area (Å²) in [5, 5.41) is 9.48. The number of amides is 1. The number of benzene rings is 1. The number of carboxylic acid groups (broad SMARTS) is 1. The van der Waals surface area contributed by atoms with Gasteiger partial charge < -0.3 is 5.11 Å². The molecule has 0 bridgehead atoms. The number of rotatable bonds is 2. The van der Waals surface area contributed by atoms with Gasteiger partial charge in [-0.05, 0) is 39.7 Å². The highest BCUT2D eigenvalue weighted by Crippen LogP contribution is 2.56. The summed E-state index contributed by atoms with van der Waals surface area (Å²) < 4.78 is 0. The molecule has 1 N–H and O–H groups in total. The number of nitrogens with zero attached hydrogens (tertiary/aromatic N) is 1. The second-order valence-corrected chi connectivity index (χ2v) is 6.31. The smallest absolute Gasteiger partial charge is 0.408 e. The average Bonchev–Trinajstić information content (AvgIpc) is 2.89. The molecule has 1 aromatic carbocycles. The summed E-state index contributed by atoms with van der Waals surface area (Å²) in [6, 6.07) is 10.2. The minimum Gasteiger partial charge on any atom is -0.465 e. The van der Waals surface area contributed by atoms with Gasteiger partial charge >= 0.3 is 6.09 Å². The van der Waals surface area contributed by atoms with E-state index in [0.717, 1.165) is 6.42 Å². The van der Waals surface area contributed by atoms with Crippen LogP contribution in [0.1, 0.15) is 45.6 Å². The lowest BCUT2D eigenvalue weighted by Gasteiger charge is -2.39. The van der Waals surface area contributed by atoms with E-state index in [1.54, 1.807) is 4.90 Å². The Kier molecular flexibility index (Phi) is 2.88. The highest BCUT2D eigenvalue weighted by Gasteiger charge is 2.59. The second kappa shape index (κ2) is 4.01. The predicted molar refractivity (Wildman–Crippen MR) is 71.8 cm³/mol.